The first-order valence-corrected chi connectivity index (χ1v) is 8.08. The highest BCUT2D eigenvalue weighted by Crippen LogP contribution is 2.32. The summed E-state index contributed by atoms with van der Waals surface area (Å²) in [5.41, 5.74) is 1.20. The van der Waals surface area contributed by atoms with E-state index in [1.807, 2.05) is 6.20 Å². The Morgan fingerprint density at radius 2 is 2.10 bits per heavy atom. The van der Waals surface area contributed by atoms with Crippen molar-refractivity contribution in [1.29, 1.82) is 0 Å². The quantitative estimate of drug-likeness (QED) is 0.830. The summed E-state index contributed by atoms with van der Waals surface area (Å²) >= 11 is 0. The number of nitrogens with zero attached hydrogens (tertiary/aromatic N) is 4. The lowest BCUT2D eigenvalue weighted by Gasteiger charge is -2.50. The zero-order valence-corrected chi connectivity index (χ0v) is 13.4. The molecule has 1 N–H and O–H groups in total. The molecule has 2 bridgehead atoms. The van der Waals surface area contributed by atoms with Crippen molar-refractivity contribution < 1.29 is 4.74 Å². The second-order valence-corrected chi connectivity index (χ2v) is 5.85. The monoisotopic (exact) mass is 293 g/mol. The molecule has 0 amide bonds. The maximum Gasteiger partial charge on any atom is 0.161 e. The lowest BCUT2D eigenvalue weighted by atomic mass is 9.97. The SMILES string of the molecule is CCNC(c1c(OC)cnn1CC)C1CN2CCN1CC2. The van der Waals surface area contributed by atoms with Crippen LogP contribution >= 0.6 is 0 Å². The molecule has 3 fully saturated rings. The summed E-state index contributed by atoms with van der Waals surface area (Å²) in [7, 11) is 1.74. The number of methoxy groups -OCH3 is 1. The summed E-state index contributed by atoms with van der Waals surface area (Å²) in [5, 5.41) is 8.16. The van der Waals surface area contributed by atoms with Gasteiger partial charge in [0.15, 0.2) is 5.75 Å². The molecule has 3 aliphatic heterocycles. The fraction of sp³-hybridized carbons (Fsp3) is 0.800. The summed E-state index contributed by atoms with van der Waals surface area (Å²) in [6.45, 7) is 12.0. The van der Waals surface area contributed by atoms with E-state index in [9.17, 15) is 0 Å². The Balaban J connectivity index is 1.92. The number of nitrogens with one attached hydrogen (secondary N) is 1. The Hall–Kier alpha value is -1.11. The van der Waals surface area contributed by atoms with Crippen LogP contribution in [0.3, 0.4) is 0 Å². The zero-order valence-electron chi connectivity index (χ0n) is 13.4. The summed E-state index contributed by atoms with van der Waals surface area (Å²) in [5.74, 6) is 0.903. The Kier molecular flexibility index (Phi) is 4.47. The number of fused-ring (bicyclic) bond motifs is 3. The topological polar surface area (TPSA) is 45.6 Å². The Bertz CT molecular complexity index is 445. The normalized spacial score (nSPS) is 29.6. The molecule has 2 atom stereocenters. The van der Waals surface area contributed by atoms with Gasteiger partial charge in [0.1, 0.15) is 0 Å². The van der Waals surface area contributed by atoms with Crippen LogP contribution in [0, 0.1) is 0 Å². The van der Waals surface area contributed by atoms with E-state index in [2.05, 4.69) is 38.7 Å². The minimum absolute atomic E-state index is 0.274. The number of aromatic nitrogens is 2. The van der Waals surface area contributed by atoms with E-state index in [4.69, 9.17) is 4.74 Å². The molecule has 0 radical (unpaired) electrons. The van der Waals surface area contributed by atoms with Gasteiger partial charge in [-0.3, -0.25) is 14.5 Å². The van der Waals surface area contributed by atoms with Crippen LogP contribution < -0.4 is 10.1 Å². The summed E-state index contributed by atoms with van der Waals surface area (Å²) < 4.78 is 7.64. The highest BCUT2D eigenvalue weighted by Gasteiger charge is 2.39. The smallest absolute Gasteiger partial charge is 0.161 e. The first-order chi connectivity index (χ1) is 10.3. The fourth-order valence-electron chi connectivity index (χ4n) is 3.71. The maximum atomic E-state index is 5.57. The lowest BCUT2D eigenvalue weighted by molar-refractivity contribution is -0.00504. The molecule has 118 valence electrons. The van der Waals surface area contributed by atoms with Gasteiger partial charge in [-0.15, -0.1) is 0 Å². The van der Waals surface area contributed by atoms with Crippen molar-refractivity contribution in [3.8, 4) is 5.75 Å². The highest BCUT2D eigenvalue weighted by atomic mass is 16.5. The lowest BCUT2D eigenvalue weighted by Crippen LogP contribution is -2.64. The van der Waals surface area contributed by atoms with Crippen molar-refractivity contribution in [2.45, 2.75) is 32.5 Å². The molecule has 0 aliphatic carbocycles. The van der Waals surface area contributed by atoms with Gasteiger partial charge in [0, 0.05) is 45.3 Å². The van der Waals surface area contributed by atoms with Gasteiger partial charge >= 0.3 is 0 Å². The van der Waals surface area contributed by atoms with E-state index >= 15 is 0 Å². The van der Waals surface area contributed by atoms with Crippen molar-refractivity contribution in [2.75, 3.05) is 46.4 Å². The molecule has 4 heterocycles. The number of rotatable bonds is 6. The van der Waals surface area contributed by atoms with Gasteiger partial charge in [-0.05, 0) is 13.5 Å². The van der Waals surface area contributed by atoms with Gasteiger partial charge in [0.2, 0.25) is 0 Å². The minimum Gasteiger partial charge on any atom is -0.493 e. The summed E-state index contributed by atoms with van der Waals surface area (Å²) in [6, 6.07) is 0.777. The molecule has 0 aromatic carbocycles. The third-order valence-corrected chi connectivity index (χ3v) is 4.79. The first-order valence-electron chi connectivity index (χ1n) is 8.08. The van der Waals surface area contributed by atoms with Crippen molar-refractivity contribution in [3.05, 3.63) is 11.9 Å². The third kappa shape index (κ3) is 2.67. The van der Waals surface area contributed by atoms with Crippen LogP contribution in [0.4, 0.5) is 0 Å². The molecule has 3 saturated heterocycles. The van der Waals surface area contributed by atoms with E-state index in [0.717, 1.165) is 25.4 Å². The van der Waals surface area contributed by atoms with E-state index < -0.39 is 0 Å². The van der Waals surface area contributed by atoms with E-state index in [1.165, 1.54) is 31.9 Å². The van der Waals surface area contributed by atoms with Gasteiger partial charge in [-0.25, -0.2) is 0 Å². The van der Waals surface area contributed by atoms with Crippen molar-refractivity contribution in [2.24, 2.45) is 0 Å². The molecule has 1 aromatic rings. The number of hydrogen-bond donors (Lipinski definition) is 1. The molecule has 21 heavy (non-hydrogen) atoms. The molecular weight excluding hydrogens is 266 g/mol. The molecule has 4 rings (SSSR count). The average molecular weight is 293 g/mol. The van der Waals surface area contributed by atoms with E-state index in [0.29, 0.717) is 6.04 Å². The summed E-state index contributed by atoms with van der Waals surface area (Å²) in [4.78, 5) is 5.20. The van der Waals surface area contributed by atoms with Crippen molar-refractivity contribution in [1.82, 2.24) is 24.9 Å². The number of aryl methyl sites for hydroxylation is 1. The Morgan fingerprint density at radius 1 is 1.33 bits per heavy atom. The molecule has 6 nitrogen and oxygen atoms in total. The van der Waals surface area contributed by atoms with E-state index in [1.54, 1.807) is 7.11 Å². The Morgan fingerprint density at radius 3 is 2.62 bits per heavy atom. The van der Waals surface area contributed by atoms with Crippen LogP contribution in [-0.2, 0) is 6.54 Å². The number of likely N-dealkylation sites (N-methyl/N-ethyl adjacent to an activating group) is 1. The Labute approximate surface area is 127 Å². The van der Waals surface area contributed by atoms with E-state index in [-0.39, 0.29) is 6.04 Å². The third-order valence-electron chi connectivity index (χ3n) is 4.79. The van der Waals surface area contributed by atoms with Gasteiger partial charge < -0.3 is 10.1 Å². The average Bonchev–Trinajstić information content (AvgIpc) is 2.96. The fourth-order valence-corrected chi connectivity index (χ4v) is 3.71. The van der Waals surface area contributed by atoms with Gasteiger partial charge in [0.25, 0.3) is 0 Å². The van der Waals surface area contributed by atoms with Gasteiger partial charge in [-0.1, -0.05) is 6.92 Å². The first kappa shape index (κ1) is 14.8. The van der Waals surface area contributed by atoms with Gasteiger partial charge in [0.05, 0.1) is 25.0 Å². The number of ether oxygens (including phenoxy) is 1. The predicted molar refractivity (Wildman–Crippen MR) is 82.7 cm³/mol. The van der Waals surface area contributed by atoms with Crippen LogP contribution in [0.2, 0.25) is 0 Å². The van der Waals surface area contributed by atoms with Crippen LogP contribution in [-0.4, -0.2) is 72.0 Å². The van der Waals surface area contributed by atoms with Gasteiger partial charge in [-0.2, -0.15) is 5.10 Å². The molecule has 0 spiro atoms. The standard InChI is InChI=1S/C15H27N5O/c1-4-16-14(12-11-18-6-8-19(12)9-7-18)15-13(21-3)10-17-20(15)5-2/h10,12,14,16H,4-9,11H2,1-3H3. The molecule has 3 aliphatic rings. The molecule has 1 aromatic heterocycles. The maximum absolute atomic E-state index is 5.57. The molecule has 2 unspecified atom stereocenters. The number of hydrogen-bond acceptors (Lipinski definition) is 5. The largest absolute Gasteiger partial charge is 0.493 e. The highest BCUT2D eigenvalue weighted by molar-refractivity contribution is 5.30. The predicted octanol–water partition coefficient (Wildman–Crippen LogP) is 0.562. The van der Waals surface area contributed by atoms with Crippen LogP contribution in [0.15, 0.2) is 6.20 Å². The van der Waals surface area contributed by atoms with Crippen LogP contribution in [0.1, 0.15) is 25.6 Å². The second-order valence-electron chi connectivity index (χ2n) is 5.85. The molecular formula is C15H27N5O. The van der Waals surface area contributed by atoms with Crippen LogP contribution in [0.5, 0.6) is 5.75 Å². The van der Waals surface area contributed by atoms with Crippen molar-refractivity contribution in [3.63, 3.8) is 0 Å². The van der Waals surface area contributed by atoms with Crippen molar-refractivity contribution >= 4 is 0 Å². The minimum atomic E-state index is 0.274. The number of piperazine rings is 3. The summed E-state index contributed by atoms with van der Waals surface area (Å²) in [6.07, 6.45) is 1.85. The molecule has 6 heteroatoms. The second kappa shape index (κ2) is 6.34. The zero-order chi connectivity index (χ0) is 14.8. The molecule has 0 saturated carbocycles. The van der Waals surface area contributed by atoms with Crippen LogP contribution in [0.25, 0.3) is 0 Å².